The molecule has 0 saturated heterocycles. The predicted molar refractivity (Wildman–Crippen MR) is 121 cm³/mol. The summed E-state index contributed by atoms with van der Waals surface area (Å²) in [6.07, 6.45) is 0. The molecule has 32 heavy (non-hydrogen) atoms. The third-order valence-electron chi connectivity index (χ3n) is 4.17. The van der Waals surface area contributed by atoms with Crippen LogP contribution >= 0.6 is 11.6 Å². The fourth-order valence-corrected chi connectivity index (χ4v) is 2.94. The molecule has 10 heteroatoms. The predicted octanol–water partition coefficient (Wildman–Crippen LogP) is 4.83. The molecule has 2 aromatic carbocycles. The van der Waals surface area contributed by atoms with Crippen LogP contribution in [0.1, 0.15) is 20.8 Å². The Morgan fingerprint density at radius 1 is 1.03 bits per heavy atom. The molecule has 1 atom stereocenters. The van der Waals surface area contributed by atoms with Gasteiger partial charge in [-0.05, 0) is 39.0 Å². The van der Waals surface area contributed by atoms with E-state index >= 15 is 0 Å². The third-order valence-corrected chi connectivity index (χ3v) is 4.38. The Balaban J connectivity index is 2.36. The van der Waals surface area contributed by atoms with Crippen molar-refractivity contribution in [3.8, 4) is 23.0 Å². The summed E-state index contributed by atoms with van der Waals surface area (Å²) in [4.78, 5) is 25.1. The van der Waals surface area contributed by atoms with E-state index in [1.54, 1.807) is 31.2 Å². The van der Waals surface area contributed by atoms with E-state index in [9.17, 15) is 9.59 Å². The lowest BCUT2D eigenvalue weighted by Gasteiger charge is -2.17. The van der Waals surface area contributed by atoms with E-state index in [1.807, 2.05) is 6.92 Å². The molecule has 0 aliphatic rings. The van der Waals surface area contributed by atoms with Crippen molar-refractivity contribution < 1.29 is 28.5 Å². The summed E-state index contributed by atoms with van der Waals surface area (Å²) >= 11 is 6.17. The largest absolute Gasteiger partial charge is 0.497 e. The zero-order valence-electron chi connectivity index (χ0n) is 18.6. The first kappa shape index (κ1) is 24.9. The number of ketones is 1. The van der Waals surface area contributed by atoms with Crippen molar-refractivity contribution in [2.45, 2.75) is 26.8 Å². The molecule has 172 valence electrons. The smallest absolute Gasteiger partial charge is 0.258 e. The molecule has 0 spiro atoms. The van der Waals surface area contributed by atoms with Gasteiger partial charge >= 0.3 is 0 Å². The second-order valence-electron chi connectivity index (χ2n) is 6.40. The van der Waals surface area contributed by atoms with Gasteiger partial charge in [-0.15, -0.1) is 0 Å². The summed E-state index contributed by atoms with van der Waals surface area (Å²) in [5.41, 5.74) is 0.565. The maximum Gasteiger partial charge on any atom is 0.258 e. The Morgan fingerprint density at radius 2 is 1.75 bits per heavy atom. The molecule has 0 bridgehead atoms. The maximum absolute atomic E-state index is 12.9. The van der Waals surface area contributed by atoms with E-state index in [4.69, 9.17) is 30.5 Å². The van der Waals surface area contributed by atoms with E-state index in [1.165, 1.54) is 27.2 Å². The average molecular weight is 464 g/mol. The molecule has 0 aromatic heterocycles. The summed E-state index contributed by atoms with van der Waals surface area (Å²) in [5, 5.41) is 11.0. The number of hydrogen-bond donors (Lipinski definition) is 1. The van der Waals surface area contributed by atoms with Crippen LogP contribution in [0, 0.1) is 0 Å². The molecule has 0 heterocycles. The SMILES string of the molecule is CCOc1cc(Cl)cc(NC(=O)C(N=Nc2cc(OC)ccc2OC)C(C)=O)c1OCC. The number of azo groups is 1. The van der Waals surface area contributed by atoms with Gasteiger partial charge in [-0.1, -0.05) is 11.6 Å². The van der Waals surface area contributed by atoms with Crippen LogP contribution in [0.15, 0.2) is 40.6 Å². The molecule has 9 nitrogen and oxygen atoms in total. The Labute approximate surface area is 191 Å². The van der Waals surface area contributed by atoms with Gasteiger partial charge in [0.2, 0.25) is 6.04 Å². The van der Waals surface area contributed by atoms with Gasteiger partial charge in [0, 0.05) is 17.2 Å². The minimum Gasteiger partial charge on any atom is -0.497 e. The standard InChI is InChI=1S/C22H26ClN3O6/c1-6-31-19-11-14(23)10-17(21(19)32-7-2)24-22(28)20(13(3)27)26-25-16-12-15(29-4)8-9-18(16)30-5/h8-12,20H,6-7H2,1-5H3,(H,24,28). The van der Waals surface area contributed by atoms with Crippen molar-refractivity contribution in [1.29, 1.82) is 0 Å². The maximum atomic E-state index is 12.9. The molecule has 0 fully saturated rings. The quantitative estimate of drug-likeness (QED) is 0.377. The van der Waals surface area contributed by atoms with Crippen molar-refractivity contribution >= 4 is 34.7 Å². The molecule has 1 amide bonds. The molecule has 2 aromatic rings. The Hall–Kier alpha value is -3.33. The van der Waals surface area contributed by atoms with Crippen LogP contribution in [0.25, 0.3) is 0 Å². The van der Waals surface area contributed by atoms with Gasteiger partial charge in [-0.25, -0.2) is 0 Å². The Morgan fingerprint density at radius 3 is 2.34 bits per heavy atom. The van der Waals surface area contributed by atoms with Crippen molar-refractivity contribution in [1.82, 2.24) is 0 Å². The number of nitrogens with zero attached hydrogens (tertiary/aromatic N) is 2. The van der Waals surface area contributed by atoms with Crippen LogP contribution in [-0.4, -0.2) is 45.2 Å². The lowest BCUT2D eigenvalue weighted by atomic mass is 10.2. The van der Waals surface area contributed by atoms with E-state index in [2.05, 4.69) is 15.5 Å². The highest BCUT2D eigenvalue weighted by atomic mass is 35.5. The van der Waals surface area contributed by atoms with Crippen LogP contribution in [0.4, 0.5) is 11.4 Å². The number of hydrogen-bond acceptors (Lipinski definition) is 8. The molecule has 1 unspecified atom stereocenters. The van der Waals surface area contributed by atoms with Gasteiger partial charge in [-0.2, -0.15) is 10.2 Å². The highest BCUT2D eigenvalue weighted by Gasteiger charge is 2.25. The lowest BCUT2D eigenvalue weighted by Crippen LogP contribution is -2.32. The number of benzene rings is 2. The molecular weight excluding hydrogens is 438 g/mol. The number of carbonyl (C=O) groups is 2. The third kappa shape index (κ3) is 6.34. The number of Topliss-reactive ketones (excluding diaryl/α,β-unsaturated/α-hetero) is 1. The summed E-state index contributed by atoms with van der Waals surface area (Å²) in [7, 11) is 2.98. The number of ether oxygens (including phenoxy) is 4. The summed E-state index contributed by atoms with van der Waals surface area (Å²) in [6, 6.07) is 6.60. The second-order valence-corrected chi connectivity index (χ2v) is 6.84. The minimum atomic E-state index is -1.41. The number of rotatable bonds is 11. The van der Waals surface area contributed by atoms with Gasteiger partial charge in [-0.3, -0.25) is 9.59 Å². The van der Waals surface area contributed by atoms with Crippen LogP contribution in [-0.2, 0) is 9.59 Å². The molecule has 0 aliphatic carbocycles. The highest BCUT2D eigenvalue weighted by molar-refractivity contribution is 6.31. The van der Waals surface area contributed by atoms with Crippen LogP contribution in [0.3, 0.4) is 0 Å². The summed E-state index contributed by atoms with van der Waals surface area (Å²) < 4.78 is 21.6. The zero-order valence-corrected chi connectivity index (χ0v) is 19.4. The second kappa shape index (κ2) is 11.9. The first-order chi connectivity index (χ1) is 15.3. The van der Waals surface area contributed by atoms with Gasteiger partial charge in [0.15, 0.2) is 17.3 Å². The number of halogens is 1. The van der Waals surface area contributed by atoms with Crippen LogP contribution in [0.5, 0.6) is 23.0 Å². The van der Waals surface area contributed by atoms with Gasteiger partial charge in [0.25, 0.3) is 5.91 Å². The van der Waals surface area contributed by atoms with Gasteiger partial charge < -0.3 is 24.3 Å². The summed E-state index contributed by atoms with van der Waals surface area (Å²) in [6.45, 7) is 5.56. The van der Waals surface area contributed by atoms with Crippen molar-refractivity contribution in [3.05, 3.63) is 35.4 Å². The lowest BCUT2D eigenvalue weighted by molar-refractivity contribution is -0.126. The summed E-state index contributed by atoms with van der Waals surface area (Å²) in [5.74, 6) is 0.409. The van der Waals surface area contributed by atoms with Gasteiger partial charge in [0.1, 0.15) is 17.2 Å². The number of anilines is 1. The number of methoxy groups -OCH3 is 2. The minimum absolute atomic E-state index is 0.258. The molecule has 0 saturated carbocycles. The van der Waals surface area contributed by atoms with E-state index < -0.39 is 17.7 Å². The number of carbonyl (C=O) groups excluding carboxylic acids is 2. The van der Waals surface area contributed by atoms with Crippen molar-refractivity contribution in [2.75, 3.05) is 32.8 Å². The molecule has 1 N–H and O–H groups in total. The van der Waals surface area contributed by atoms with E-state index in [0.717, 1.165) is 0 Å². The molecule has 0 aliphatic heterocycles. The van der Waals surface area contributed by atoms with Crippen LogP contribution < -0.4 is 24.3 Å². The number of nitrogens with one attached hydrogen (secondary N) is 1. The monoisotopic (exact) mass is 463 g/mol. The molecular formula is C22H26ClN3O6. The van der Waals surface area contributed by atoms with Crippen LogP contribution in [0.2, 0.25) is 5.02 Å². The number of amides is 1. The molecule has 2 rings (SSSR count). The fourth-order valence-electron chi connectivity index (χ4n) is 2.73. The Bertz CT molecular complexity index is 996. The van der Waals surface area contributed by atoms with E-state index in [0.29, 0.717) is 46.9 Å². The highest BCUT2D eigenvalue weighted by Crippen LogP contribution is 2.39. The first-order valence-corrected chi connectivity index (χ1v) is 10.3. The van der Waals surface area contributed by atoms with Crippen molar-refractivity contribution in [3.63, 3.8) is 0 Å². The van der Waals surface area contributed by atoms with E-state index in [-0.39, 0.29) is 5.69 Å². The fraction of sp³-hybridized carbons (Fsp3) is 0.364. The van der Waals surface area contributed by atoms with Crippen molar-refractivity contribution in [2.24, 2.45) is 10.2 Å². The first-order valence-electron chi connectivity index (χ1n) is 9.87. The molecule has 0 radical (unpaired) electrons. The zero-order chi connectivity index (χ0) is 23.7. The topological polar surface area (TPSA) is 108 Å². The average Bonchev–Trinajstić information content (AvgIpc) is 2.76. The Kier molecular flexibility index (Phi) is 9.27. The normalized spacial score (nSPS) is 11.7. The van der Waals surface area contributed by atoms with Gasteiger partial charge in [0.05, 0.1) is 33.1 Å².